The Balaban J connectivity index is 1.98. The van der Waals surface area contributed by atoms with Crippen molar-refractivity contribution in [2.45, 2.75) is 0 Å². The zero-order valence-corrected chi connectivity index (χ0v) is 10.3. The molecule has 0 saturated heterocycles. The van der Waals surface area contributed by atoms with Gasteiger partial charge in [-0.1, -0.05) is 17.7 Å². The molecule has 0 atom stereocenters. The summed E-state index contributed by atoms with van der Waals surface area (Å²) >= 11 is 7.47. The molecule has 1 aromatic carbocycles. The minimum atomic E-state index is 0.685. The van der Waals surface area contributed by atoms with Crippen molar-refractivity contribution in [3.05, 3.63) is 46.8 Å². The summed E-state index contributed by atoms with van der Waals surface area (Å²) in [5.41, 5.74) is 0.952. The van der Waals surface area contributed by atoms with Crippen LogP contribution in [-0.4, -0.2) is 15.2 Å². The summed E-state index contributed by atoms with van der Waals surface area (Å²) in [6.45, 7) is 0. The second-order valence-electron chi connectivity index (χ2n) is 3.49. The molecule has 2 heterocycles. The van der Waals surface area contributed by atoms with Crippen LogP contribution in [0.1, 0.15) is 0 Å². The van der Waals surface area contributed by atoms with E-state index in [1.165, 1.54) is 0 Å². The van der Waals surface area contributed by atoms with Gasteiger partial charge in [0.25, 0.3) is 0 Å². The molecule has 1 N–H and O–H groups in total. The number of hydrogen-bond acceptors (Lipinski definition) is 3. The Labute approximate surface area is 107 Å². The number of thiophene rings is 1. The molecule has 0 aliphatic heterocycles. The first-order valence-electron chi connectivity index (χ1n) is 5.05. The van der Waals surface area contributed by atoms with E-state index >= 15 is 0 Å². The van der Waals surface area contributed by atoms with Crippen molar-refractivity contribution in [1.82, 2.24) is 15.2 Å². The third kappa shape index (κ3) is 2.09. The van der Waals surface area contributed by atoms with Crippen LogP contribution in [-0.2, 0) is 0 Å². The van der Waals surface area contributed by atoms with Crippen molar-refractivity contribution >= 4 is 22.9 Å². The van der Waals surface area contributed by atoms with Crippen molar-refractivity contribution in [3.63, 3.8) is 0 Å². The minimum absolute atomic E-state index is 0.685. The lowest BCUT2D eigenvalue weighted by Crippen LogP contribution is -1.79. The van der Waals surface area contributed by atoms with E-state index in [9.17, 15) is 0 Å². The number of nitrogens with zero attached hydrogens (tertiary/aromatic N) is 2. The zero-order chi connectivity index (χ0) is 11.7. The van der Waals surface area contributed by atoms with Gasteiger partial charge in [-0.05, 0) is 35.7 Å². The van der Waals surface area contributed by atoms with Crippen LogP contribution in [0.25, 0.3) is 22.1 Å². The Morgan fingerprint density at radius 2 is 1.94 bits per heavy atom. The maximum atomic E-state index is 5.84. The van der Waals surface area contributed by atoms with E-state index in [0.29, 0.717) is 10.8 Å². The molecule has 2 aromatic heterocycles. The van der Waals surface area contributed by atoms with Crippen molar-refractivity contribution in [2.24, 2.45) is 0 Å². The van der Waals surface area contributed by atoms with Gasteiger partial charge < -0.3 is 0 Å². The highest BCUT2D eigenvalue weighted by Crippen LogP contribution is 2.24. The van der Waals surface area contributed by atoms with Gasteiger partial charge >= 0.3 is 0 Å². The summed E-state index contributed by atoms with van der Waals surface area (Å²) in [7, 11) is 0. The zero-order valence-electron chi connectivity index (χ0n) is 8.72. The molecular weight excluding hydrogens is 254 g/mol. The van der Waals surface area contributed by atoms with Crippen LogP contribution in [0.5, 0.6) is 0 Å². The van der Waals surface area contributed by atoms with Gasteiger partial charge in [-0.2, -0.15) is 5.10 Å². The summed E-state index contributed by atoms with van der Waals surface area (Å²) < 4.78 is 0. The Bertz CT molecular complexity index is 614. The van der Waals surface area contributed by atoms with Crippen molar-refractivity contribution in [2.75, 3.05) is 0 Å². The molecule has 84 valence electrons. The molecule has 0 saturated carbocycles. The second-order valence-corrected chi connectivity index (χ2v) is 4.88. The first-order valence-corrected chi connectivity index (χ1v) is 6.31. The van der Waals surface area contributed by atoms with E-state index in [1.54, 1.807) is 11.3 Å². The van der Waals surface area contributed by atoms with Crippen LogP contribution >= 0.6 is 22.9 Å². The Hall–Kier alpha value is -1.65. The molecule has 3 aromatic rings. The molecule has 0 fully saturated rings. The molecule has 0 aliphatic carbocycles. The number of H-pyrrole nitrogens is 1. The smallest absolute Gasteiger partial charge is 0.181 e. The van der Waals surface area contributed by atoms with Crippen LogP contribution in [0.4, 0.5) is 0 Å². The van der Waals surface area contributed by atoms with Gasteiger partial charge in [-0.15, -0.1) is 11.3 Å². The molecule has 0 radical (unpaired) electrons. The summed E-state index contributed by atoms with van der Waals surface area (Å²) in [6, 6.07) is 11.5. The van der Waals surface area contributed by atoms with E-state index in [2.05, 4.69) is 15.2 Å². The standard InChI is InChI=1S/C12H8ClN3S/c13-9-5-3-8(4-6-9)11-14-12(16-15-11)10-2-1-7-17-10/h1-7H,(H,14,15,16). The van der Waals surface area contributed by atoms with Crippen LogP contribution in [0.3, 0.4) is 0 Å². The summed E-state index contributed by atoms with van der Waals surface area (Å²) in [5, 5.41) is 9.86. The number of hydrogen-bond donors (Lipinski definition) is 1. The maximum absolute atomic E-state index is 5.84. The highest BCUT2D eigenvalue weighted by atomic mass is 35.5. The molecule has 17 heavy (non-hydrogen) atoms. The predicted octanol–water partition coefficient (Wildman–Crippen LogP) is 3.85. The summed E-state index contributed by atoms with van der Waals surface area (Å²) in [5.74, 6) is 1.48. The third-order valence-corrected chi connectivity index (χ3v) is 3.47. The highest BCUT2D eigenvalue weighted by Gasteiger charge is 2.07. The van der Waals surface area contributed by atoms with Gasteiger partial charge in [0.15, 0.2) is 11.6 Å². The largest absolute Gasteiger partial charge is 0.258 e. The molecule has 3 rings (SSSR count). The third-order valence-electron chi connectivity index (χ3n) is 2.34. The van der Waals surface area contributed by atoms with Gasteiger partial charge in [-0.25, -0.2) is 4.98 Å². The topological polar surface area (TPSA) is 41.6 Å². The number of benzene rings is 1. The molecule has 0 spiro atoms. The fraction of sp³-hybridized carbons (Fsp3) is 0. The Morgan fingerprint density at radius 3 is 2.65 bits per heavy atom. The normalized spacial score (nSPS) is 10.6. The SMILES string of the molecule is Clc1ccc(-c2n[nH]c(-c3cccs3)n2)cc1. The van der Waals surface area contributed by atoms with Gasteiger partial charge in [0.2, 0.25) is 0 Å². The Morgan fingerprint density at radius 1 is 1.12 bits per heavy atom. The lowest BCUT2D eigenvalue weighted by Gasteiger charge is -1.94. The van der Waals surface area contributed by atoms with Gasteiger partial charge in [0, 0.05) is 10.6 Å². The van der Waals surface area contributed by atoms with E-state index in [0.717, 1.165) is 16.3 Å². The fourth-order valence-electron chi connectivity index (χ4n) is 1.51. The van der Waals surface area contributed by atoms with Crippen molar-refractivity contribution < 1.29 is 0 Å². The lowest BCUT2D eigenvalue weighted by atomic mass is 10.2. The molecular formula is C12H8ClN3S. The van der Waals surface area contributed by atoms with Crippen LogP contribution in [0, 0.1) is 0 Å². The highest BCUT2D eigenvalue weighted by molar-refractivity contribution is 7.13. The quantitative estimate of drug-likeness (QED) is 0.761. The van der Waals surface area contributed by atoms with Crippen molar-refractivity contribution in [1.29, 1.82) is 0 Å². The lowest BCUT2D eigenvalue weighted by molar-refractivity contribution is 1.10. The van der Waals surface area contributed by atoms with E-state index in [-0.39, 0.29) is 0 Å². The fourth-order valence-corrected chi connectivity index (χ4v) is 2.30. The average molecular weight is 262 g/mol. The van der Waals surface area contributed by atoms with Gasteiger partial charge in [0.05, 0.1) is 4.88 Å². The molecule has 3 nitrogen and oxygen atoms in total. The van der Waals surface area contributed by atoms with Crippen LogP contribution in [0.15, 0.2) is 41.8 Å². The molecule has 0 bridgehead atoms. The number of nitrogens with one attached hydrogen (secondary N) is 1. The monoisotopic (exact) mass is 261 g/mol. The first kappa shape index (κ1) is 10.5. The number of rotatable bonds is 2. The summed E-state index contributed by atoms with van der Waals surface area (Å²) in [4.78, 5) is 5.53. The predicted molar refractivity (Wildman–Crippen MR) is 70.1 cm³/mol. The molecule has 0 aliphatic rings. The number of aromatic amines is 1. The van der Waals surface area contributed by atoms with E-state index in [1.807, 2.05) is 41.8 Å². The van der Waals surface area contributed by atoms with Crippen LogP contribution < -0.4 is 0 Å². The minimum Gasteiger partial charge on any atom is -0.258 e. The van der Waals surface area contributed by atoms with E-state index < -0.39 is 0 Å². The molecule has 5 heteroatoms. The maximum Gasteiger partial charge on any atom is 0.181 e. The van der Waals surface area contributed by atoms with Crippen LogP contribution in [0.2, 0.25) is 5.02 Å². The van der Waals surface area contributed by atoms with E-state index in [4.69, 9.17) is 11.6 Å². The molecule has 0 unspecified atom stereocenters. The Kier molecular flexibility index (Phi) is 2.66. The van der Waals surface area contributed by atoms with Crippen molar-refractivity contribution in [3.8, 4) is 22.1 Å². The average Bonchev–Trinajstić information content (AvgIpc) is 3.00. The number of aromatic nitrogens is 3. The second kappa shape index (κ2) is 4.31. The first-order chi connectivity index (χ1) is 8.33. The van der Waals surface area contributed by atoms with Gasteiger partial charge in [-0.3, -0.25) is 5.10 Å². The summed E-state index contributed by atoms with van der Waals surface area (Å²) in [6.07, 6.45) is 0. The van der Waals surface area contributed by atoms with Gasteiger partial charge in [0.1, 0.15) is 0 Å². The molecule has 0 amide bonds. The number of halogens is 1.